The molecule has 0 spiro atoms. The molecule has 0 atom stereocenters. The second-order valence-electron chi connectivity index (χ2n) is 4.34. The van der Waals surface area contributed by atoms with Crippen molar-refractivity contribution < 1.29 is 0 Å². The highest BCUT2D eigenvalue weighted by molar-refractivity contribution is 7.10. The van der Waals surface area contributed by atoms with Gasteiger partial charge in [-0.3, -0.25) is 0 Å². The zero-order chi connectivity index (χ0) is 14.9. The Labute approximate surface area is 131 Å². The average molecular weight is 292 g/mol. The minimum absolute atomic E-state index is 1.23. The van der Waals surface area contributed by atoms with Gasteiger partial charge in [0.15, 0.2) is 0 Å². The molecule has 0 nitrogen and oxygen atoms in total. The minimum Gasteiger partial charge on any atom is -0.144 e. The van der Waals surface area contributed by atoms with Crippen LogP contribution >= 0.6 is 11.3 Å². The third-order valence-corrected chi connectivity index (χ3v) is 3.81. The molecule has 3 rings (SSSR count). The highest BCUT2D eigenvalue weighted by atomic mass is 32.1. The van der Waals surface area contributed by atoms with E-state index in [2.05, 4.69) is 78.2 Å². The molecule has 0 amide bonds. The van der Waals surface area contributed by atoms with Crippen LogP contribution in [0.1, 0.15) is 24.3 Å². The Morgan fingerprint density at radius 2 is 1.48 bits per heavy atom. The van der Waals surface area contributed by atoms with Gasteiger partial charge in [0.2, 0.25) is 0 Å². The molecule has 0 radical (unpaired) electrons. The molecule has 0 bridgehead atoms. The lowest BCUT2D eigenvalue weighted by atomic mass is 10.0. The molecule has 0 aliphatic rings. The summed E-state index contributed by atoms with van der Waals surface area (Å²) in [6, 6.07) is 23.3. The maximum atomic E-state index is 2.22. The van der Waals surface area contributed by atoms with Crippen molar-refractivity contribution in [3.8, 4) is 11.1 Å². The first-order chi connectivity index (χ1) is 10.4. The summed E-state index contributed by atoms with van der Waals surface area (Å²) >= 11 is 1.76. The maximum Gasteiger partial charge on any atom is 0.0270 e. The molecule has 0 N–H and O–H groups in total. The molecule has 0 saturated carbocycles. The van der Waals surface area contributed by atoms with Gasteiger partial charge >= 0.3 is 0 Å². The topological polar surface area (TPSA) is 0 Å². The summed E-state index contributed by atoms with van der Waals surface area (Å²) < 4.78 is 0. The van der Waals surface area contributed by atoms with Gasteiger partial charge in [0.05, 0.1) is 0 Å². The molecule has 1 heterocycles. The number of hydrogen-bond acceptors (Lipinski definition) is 1. The van der Waals surface area contributed by atoms with Gasteiger partial charge in [-0.25, -0.2) is 0 Å². The predicted octanol–water partition coefficient (Wildman–Crippen LogP) is 6.61. The lowest BCUT2D eigenvalue weighted by Gasteiger charge is -2.02. The van der Waals surface area contributed by atoms with Crippen LogP contribution in [0.15, 0.2) is 72.1 Å². The van der Waals surface area contributed by atoms with E-state index in [1.807, 2.05) is 19.9 Å². The van der Waals surface area contributed by atoms with Crippen LogP contribution in [0.5, 0.6) is 0 Å². The first kappa shape index (κ1) is 15.3. The van der Waals surface area contributed by atoms with E-state index in [0.29, 0.717) is 0 Å². The lowest BCUT2D eigenvalue weighted by Crippen LogP contribution is -1.78. The molecule has 0 fully saturated rings. The van der Waals surface area contributed by atoms with Crippen LogP contribution in [0, 0.1) is 0 Å². The van der Waals surface area contributed by atoms with Crippen molar-refractivity contribution in [3.05, 3.63) is 82.6 Å². The Hall–Kier alpha value is -2.12. The molecule has 0 aliphatic heterocycles. The van der Waals surface area contributed by atoms with Crippen LogP contribution in [0.3, 0.4) is 0 Å². The molecule has 21 heavy (non-hydrogen) atoms. The number of thiophene rings is 1. The summed E-state index contributed by atoms with van der Waals surface area (Å²) in [6.45, 7) is 4.00. The van der Waals surface area contributed by atoms with Gasteiger partial charge in [0, 0.05) is 4.88 Å². The van der Waals surface area contributed by atoms with Crippen LogP contribution in [0.2, 0.25) is 0 Å². The summed E-state index contributed by atoms with van der Waals surface area (Å²) in [5.74, 6) is 0. The second-order valence-corrected chi connectivity index (χ2v) is 5.32. The molecule has 0 aliphatic carbocycles. The van der Waals surface area contributed by atoms with E-state index >= 15 is 0 Å². The molecular formula is C20H20S. The van der Waals surface area contributed by atoms with E-state index in [9.17, 15) is 0 Å². The Kier molecular flexibility index (Phi) is 5.99. The molecule has 0 saturated heterocycles. The second kappa shape index (κ2) is 8.23. The van der Waals surface area contributed by atoms with Crippen molar-refractivity contribution >= 4 is 23.5 Å². The Balaban J connectivity index is 0.000000774. The first-order valence-corrected chi connectivity index (χ1v) is 8.17. The zero-order valence-corrected chi connectivity index (χ0v) is 13.3. The van der Waals surface area contributed by atoms with E-state index in [-0.39, 0.29) is 0 Å². The van der Waals surface area contributed by atoms with Crippen molar-refractivity contribution in [1.29, 1.82) is 0 Å². The van der Waals surface area contributed by atoms with Crippen LogP contribution in [-0.2, 0) is 0 Å². The quantitative estimate of drug-likeness (QED) is 0.509. The monoisotopic (exact) mass is 292 g/mol. The highest BCUT2D eigenvalue weighted by Crippen LogP contribution is 2.21. The maximum absolute atomic E-state index is 2.22. The van der Waals surface area contributed by atoms with Gasteiger partial charge < -0.3 is 0 Å². The minimum atomic E-state index is 1.23. The summed E-state index contributed by atoms with van der Waals surface area (Å²) in [7, 11) is 0. The first-order valence-electron chi connectivity index (χ1n) is 7.29. The fourth-order valence-corrected chi connectivity index (χ4v) is 2.63. The van der Waals surface area contributed by atoms with E-state index in [4.69, 9.17) is 0 Å². The normalized spacial score (nSPS) is 10.2. The molecule has 2 aromatic carbocycles. The Morgan fingerprint density at radius 1 is 0.714 bits per heavy atom. The van der Waals surface area contributed by atoms with Gasteiger partial charge in [-0.05, 0) is 40.3 Å². The third kappa shape index (κ3) is 4.44. The van der Waals surface area contributed by atoms with E-state index in [0.717, 1.165) is 0 Å². The van der Waals surface area contributed by atoms with Gasteiger partial charge in [-0.15, -0.1) is 11.3 Å². The predicted molar refractivity (Wildman–Crippen MR) is 96.5 cm³/mol. The summed E-state index contributed by atoms with van der Waals surface area (Å²) in [4.78, 5) is 1.28. The van der Waals surface area contributed by atoms with Crippen LogP contribution < -0.4 is 0 Å². The molecule has 3 aromatic rings. The van der Waals surface area contributed by atoms with Crippen molar-refractivity contribution in [3.63, 3.8) is 0 Å². The summed E-state index contributed by atoms with van der Waals surface area (Å²) in [5, 5.41) is 2.10. The molecule has 1 heteroatoms. The SMILES string of the molecule is C(=C\c1cccs1)/c1cccc(-c2ccccc2)c1.CC. The van der Waals surface area contributed by atoms with E-state index < -0.39 is 0 Å². The number of benzene rings is 2. The third-order valence-electron chi connectivity index (χ3n) is 2.98. The van der Waals surface area contributed by atoms with Crippen molar-refractivity contribution in [2.45, 2.75) is 13.8 Å². The summed E-state index contributed by atoms with van der Waals surface area (Å²) in [6.07, 6.45) is 4.33. The van der Waals surface area contributed by atoms with Crippen molar-refractivity contribution in [2.24, 2.45) is 0 Å². The number of rotatable bonds is 3. The van der Waals surface area contributed by atoms with Gasteiger partial charge in [0.1, 0.15) is 0 Å². The molecule has 106 valence electrons. The number of hydrogen-bond donors (Lipinski definition) is 0. The Bertz CT molecular complexity index is 664. The fraction of sp³-hybridized carbons (Fsp3) is 0.100. The van der Waals surface area contributed by atoms with Gasteiger partial charge in [-0.2, -0.15) is 0 Å². The fourth-order valence-electron chi connectivity index (χ4n) is 2.02. The van der Waals surface area contributed by atoms with E-state index in [1.54, 1.807) is 11.3 Å². The zero-order valence-electron chi connectivity index (χ0n) is 12.5. The van der Waals surface area contributed by atoms with Gasteiger partial charge in [-0.1, -0.05) is 74.5 Å². The van der Waals surface area contributed by atoms with Crippen LogP contribution in [-0.4, -0.2) is 0 Å². The molecule has 0 unspecified atom stereocenters. The largest absolute Gasteiger partial charge is 0.144 e. The lowest BCUT2D eigenvalue weighted by molar-refractivity contribution is 1.50. The standard InChI is InChI=1S/C18H14S.C2H6/c1-2-7-16(8-3-1)17-9-4-6-15(14-17)11-12-18-10-5-13-19-18;1-2/h1-14H;1-2H3/b12-11+;. The van der Waals surface area contributed by atoms with Crippen molar-refractivity contribution in [1.82, 2.24) is 0 Å². The highest BCUT2D eigenvalue weighted by Gasteiger charge is 1.96. The molecular weight excluding hydrogens is 272 g/mol. The average Bonchev–Trinajstić information content (AvgIpc) is 3.09. The smallest absolute Gasteiger partial charge is 0.0270 e. The van der Waals surface area contributed by atoms with Crippen LogP contribution in [0.4, 0.5) is 0 Å². The molecule has 1 aromatic heterocycles. The van der Waals surface area contributed by atoms with Gasteiger partial charge in [0.25, 0.3) is 0 Å². The van der Waals surface area contributed by atoms with E-state index in [1.165, 1.54) is 21.6 Å². The summed E-state index contributed by atoms with van der Waals surface area (Å²) in [5.41, 5.74) is 3.75. The Morgan fingerprint density at radius 3 is 2.19 bits per heavy atom. The van der Waals surface area contributed by atoms with Crippen LogP contribution in [0.25, 0.3) is 23.3 Å². The van der Waals surface area contributed by atoms with Crippen molar-refractivity contribution in [2.75, 3.05) is 0 Å².